The molecule has 0 aliphatic carbocycles. The van der Waals surface area contributed by atoms with Crippen LogP contribution in [0.2, 0.25) is 0 Å². The average Bonchev–Trinajstić information content (AvgIpc) is 3.14. The van der Waals surface area contributed by atoms with E-state index in [0.717, 1.165) is 0 Å². The van der Waals surface area contributed by atoms with Gasteiger partial charge in [0.1, 0.15) is 0 Å². The molecule has 0 fully saturated rings. The summed E-state index contributed by atoms with van der Waals surface area (Å²) in [5, 5.41) is 13.1. The van der Waals surface area contributed by atoms with E-state index in [1.54, 1.807) is 18.2 Å². The van der Waals surface area contributed by atoms with Gasteiger partial charge in [-0.2, -0.15) is 0 Å². The lowest BCUT2D eigenvalue weighted by molar-refractivity contribution is -0.384. The van der Waals surface area contributed by atoms with E-state index < -0.39 is 22.9 Å². The molecule has 3 rings (SSSR count). The molecule has 2 aromatic carbocycles. The van der Waals surface area contributed by atoms with E-state index in [9.17, 15) is 19.7 Å². The van der Waals surface area contributed by atoms with Crippen molar-refractivity contribution in [3.63, 3.8) is 0 Å². The second-order valence-electron chi connectivity index (χ2n) is 5.82. The number of hydrogen-bond acceptors (Lipinski definition) is 7. The van der Waals surface area contributed by atoms with E-state index in [2.05, 4.69) is 5.32 Å². The topological polar surface area (TPSA) is 117 Å². The van der Waals surface area contributed by atoms with Crippen molar-refractivity contribution in [2.45, 2.75) is 13.0 Å². The normalized spacial score (nSPS) is 13.2. The standard InChI is InChI=1S/C19H16N2O7/c1-12(19(23)20-14-4-6-15(7-5-14)21(24)25)28-18(22)9-3-13-2-8-16-17(10-13)27-11-26-16/h2-10,12H,11H2,1H3,(H,20,23)/b9-3+. The second-order valence-corrected chi connectivity index (χ2v) is 5.82. The Hall–Kier alpha value is -3.88. The van der Waals surface area contributed by atoms with Gasteiger partial charge in [-0.3, -0.25) is 14.9 Å². The van der Waals surface area contributed by atoms with Crippen molar-refractivity contribution in [2.75, 3.05) is 12.1 Å². The van der Waals surface area contributed by atoms with Gasteiger partial charge in [-0.25, -0.2) is 4.79 Å². The van der Waals surface area contributed by atoms with Crippen molar-refractivity contribution in [1.29, 1.82) is 0 Å². The molecule has 1 aliphatic heterocycles. The van der Waals surface area contributed by atoms with Crippen molar-refractivity contribution in [1.82, 2.24) is 0 Å². The Morgan fingerprint density at radius 2 is 1.89 bits per heavy atom. The molecule has 1 unspecified atom stereocenters. The van der Waals surface area contributed by atoms with Crippen molar-refractivity contribution in [2.24, 2.45) is 0 Å². The number of nitrogens with zero attached hydrogens (tertiary/aromatic N) is 1. The Labute approximate surface area is 159 Å². The summed E-state index contributed by atoms with van der Waals surface area (Å²) in [7, 11) is 0. The summed E-state index contributed by atoms with van der Waals surface area (Å²) in [4.78, 5) is 34.1. The lowest BCUT2D eigenvalue weighted by Crippen LogP contribution is -2.29. The third kappa shape index (κ3) is 4.64. The molecular weight excluding hydrogens is 368 g/mol. The van der Waals surface area contributed by atoms with Gasteiger partial charge < -0.3 is 19.5 Å². The van der Waals surface area contributed by atoms with Crippen LogP contribution in [0.3, 0.4) is 0 Å². The van der Waals surface area contributed by atoms with Gasteiger partial charge in [-0.05, 0) is 42.8 Å². The first-order valence-corrected chi connectivity index (χ1v) is 8.26. The summed E-state index contributed by atoms with van der Waals surface area (Å²) in [6, 6.07) is 10.5. The SMILES string of the molecule is CC(OC(=O)/C=C/c1ccc2c(c1)OCO2)C(=O)Nc1ccc([N+](=O)[O-])cc1. The summed E-state index contributed by atoms with van der Waals surface area (Å²) < 4.78 is 15.5. The number of rotatable bonds is 6. The number of non-ortho nitro benzene ring substituents is 1. The Kier molecular flexibility index (Phi) is 5.54. The molecule has 0 aromatic heterocycles. The quantitative estimate of drug-likeness (QED) is 0.352. The average molecular weight is 384 g/mol. The highest BCUT2D eigenvalue weighted by Crippen LogP contribution is 2.32. The number of amides is 1. The lowest BCUT2D eigenvalue weighted by Gasteiger charge is -2.12. The summed E-state index contributed by atoms with van der Waals surface area (Å²) in [6.45, 7) is 1.58. The maximum atomic E-state index is 12.1. The van der Waals surface area contributed by atoms with Gasteiger partial charge in [0.2, 0.25) is 6.79 Å². The zero-order valence-corrected chi connectivity index (χ0v) is 14.8. The fraction of sp³-hybridized carbons (Fsp3) is 0.158. The van der Waals surface area contributed by atoms with Crippen LogP contribution in [-0.4, -0.2) is 29.7 Å². The predicted octanol–water partition coefficient (Wildman–Crippen LogP) is 2.91. The molecule has 0 bridgehead atoms. The highest BCUT2D eigenvalue weighted by Gasteiger charge is 2.17. The number of nitro groups is 1. The minimum absolute atomic E-state index is 0.0915. The monoisotopic (exact) mass is 384 g/mol. The molecule has 1 atom stereocenters. The third-order valence-electron chi connectivity index (χ3n) is 3.82. The van der Waals surface area contributed by atoms with E-state index in [4.69, 9.17) is 14.2 Å². The van der Waals surface area contributed by atoms with Crippen LogP contribution < -0.4 is 14.8 Å². The molecule has 1 amide bonds. The van der Waals surface area contributed by atoms with Gasteiger partial charge in [-0.1, -0.05) is 6.07 Å². The number of ether oxygens (including phenoxy) is 3. The molecule has 144 valence electrons. The van der Waals surface area contributed by atoms with Crippen LogP contribution >= 0.6 is 0 Å². The van der Waals surface area contributed by atoms with E-state index >= 15 is 0 Å². The number of nitro benzene ring substituents is 1. The molecule has 1 aliphatic rings. The fourth-order valence-electron chi connectivity index (χ4n) is 2.36. The molecule has 1 N–H and O–H groups in total. The van der Waals surface area contributed by atoms with Crippen molar-refractivity contribution >= 4 is 29.3 Å². The van der Waals surface area contributed by atoms with Crippen LogP contribution in [-0.2, 0) is 14.3 Å². The Morgan fingerprint density at radius 3 is 2.61 bits per heavy atom. The molecule has 9 nitrogen and oxygen atoms in total. The van der Waals surface area contributed by atoms with Gasteiger partial charge in [0.25, 0.3) is 11.6 Å². The van der Waals surface area contributed by atoms with Gasteiger partial charge >= 0.3 is 5.97 Å². The first-order chi connectivity index (χ1) is 13.4. The van der Waals surface area contributed by atoms with Crippen LogP contribution in [0, 0.1) is 10.1 Å². The molecule has 0 saturated carbocycles. The van der Waals surface area contributed by atoms with E-state index in [-0.39, 0.29) is 12.5 Å². The summed E-state index contributed by atoms with van der Waals surface area (Å²) in [5.74, 6) is -0.0228. The van der Waals surface area contributed by atoms with Gasteiger partial charge in [0.15, 0.2) is 17.6 Å². The van der Waals surface area contributed by atoms with Gasteiger partial charge in [-0.15, -0.1) is 0 Å². The number of carbonyl (C=O) groups excluding carboxylic acids is 2. The van der Waals surface area contributed by atoms with E-state index in [0.29, 0.717) is 22.7 Å². The highest BCUT2D eigenvalue weighted by atomic mass is 16.7. The number of esters is 1. The molecule has 28 heavy (non-hydrogen) atoms. The summed E-state index contributed by atoms with van der Waals surface area (Å²) >= 11 is 0. The third-order valence-corrected chi connectivity index (χ3v) is 3.82. The van der Waals surface area contributed by atoms with Crippen molar-refractivity contribution in [3.8, 4) is 11.5 Å². The minimum atomic E-state index is -1.05. The van der Waals surface area contributed by atoms with Crippen LogP contribution in [0.5, 0.6) is 11.5 Å². The summed E-state index contributed by atoms with van der Waals surface area (Å²) in [5.41, 5.74) is 0.977. The second kappa shape index (κ2) is 8.21. The number of fused-ring (bicyclic) bond motifs is 1. The number of carbonyl (C=O) groups is 2. The zero-order chi connectivity index (χ0) is 20.1. The number of hydrogen-bond donors (Lipinski definition) is 1. The van der Waals surface area contributed by atoms with Crippen molar-refractivity contribution in [3.05, 3.63) is 64.2 Å². The van der Waals surface area contributed by atoms with Crippen LogP contribution in [0.4, 0.5) is 11.4 Å². The molecule has 2 aromatic rings. The van der Waals surface area contributed by atoms with Gasteiger partial charge in [0.05, 0.1) is 4.92 Å². The van der Waals surface area contributed by atoms with Gasteiger partial charge in [0, 0.05) is 23.9 Å². The smallest absolute Gasteiger partial charge is 0.331 e. The number of nitrogens with one attached hydrogen (secondary N) is 1. The predicted molar refractivity (Wildman–Crippen MR) is 98.9 cm³/mol. The molecule has 0 saturated heterocycles. The first kappa shape index (κ1) is 18.9. The number of anilines is 1. The molecular formula is C19H16N2O7. The molecule has 0 radical (unpaired) electrons. The first-order valence-electron chi connectivity index (χ1n) is 8.26. The van der Waals surface area contributed by atoms with Crippen LogP contribution in [0.25, 0.3) is 6.08 Å². The van der Waals surface area contributed by atoms with Crippen LogP contribution in [0.15, 0.2) is 48.5 Å². The molecule has 1 heterocycles. The minimum Gasteiger partial charge on any atom is -0.454 e. The Bertz CT molecular complexity index is 938. The highest BCUT2D eigenvalue weighted by molar-refractivity contribution is 5.96. The zero-order valence-electron chi connectivity index (χ0n) is 14.8. The summed E-state index contributed by atoms with van der Waals surface area (Å²) in [6.07, 6.45) is 1.68. The maximum absolute atomic E-state index is 12.1. The van der Waals surface area contributed by atoms with Crippen LogP contribution in [0.1, 0.15) is 12.5 Å². The largest absolute Gasteiger partial charge is 0.454 e. The van der Waals surface area contributed by atoms with E-state index in [1.807, 2.05) is 0 Å². The van der Waals surface area contributed by atoms with Crippen molar-refractivity contribution < 1.29 is 28.7 Å². The van der Waals surface area contributed by atoms with E-state index in [1.165, 1.54) is 43.3 Å². The molecule has 9 heteroatoms. The Morgan fingerprint density at radius 1 is 1.18 bits per heavy atom. The fourth-order valence-corrected chi connectivity index (χ4v) is 2.36. The lowest BCUT2D eigenvalue weighted by atomic mass is 10.2. The molecule has 0 spiro atoms. The maximum Gasteiger partial charge on any atom is 0.331 e. The number of benzene rings is 2. The Balaban J connectivity index is 1.53.